The van der Waals surface area contributed by atoms with E-state index in [4.69, 9.17) is 0 Å². The van der Waals surface area contributed by atoms with Gasteiger partial charge in [0, 0.05) is 11.9 Å². The smallest absolute Gasteiger partial charge is 0.01000 e. The molecule has 0 aliphatic heterocycles. The molecule has 0 bridgehead atoms. The van der Waals surface area contributed by atoms with Gasteiger partial charge in [-0.1, -0.05) is 50.5 Å². The van der Waals surface area contributed by atoms with E-state index in [0.29, 0.717) is 5.41 Å². The quantitative estimate of drug-likeness (QED) is 0.492. The topological polar surface area (TPSA) is 6.48 Å². The third-order valence-corrected chi connectivity index (χ3v) is 5.82. The van der Waals surface area contributed by atoms with Crippen molar-refractivity contribution in [1.29, 1.82) is 0 Å². The fraction of sp³-hybridized carbons (Fsp3) is 1.00. The van der Waals surface area contributed by atoms with Gasteiger partial charge in [-0.2, -0.15) is 0 Å². The monoisotopic (exact) mass is 334 g/mol. The van der Waals surface area contributed by atoms with Crippen molar-refractivity contribution in [2.45, 2.75) is 53.9 Å². The van der Waals surface area contributed by atoms with Crippen molar-refractivity contribution in [3.8, 4) is 0 Å². The maximum Gasteiger partial charge on any atom is 0.01000 e. The summed E-state index contributed by atoms with van der Waals surface area (Å²) in [6.07, 6.45) is 3.82. The molecule has 0 atom stereocenters. The number of rotatable bonds is 12. The van der Waals surface area contributed by atoms with Crippen molar-refractivity contribution in [2.24, 2.45) is 5.41 Å². The lowest BCUT2D eigenvalue weighted by Gasteiger charge is -2.36. The zero-order valence-electron chi connectivity index (χ0n) is 13.8. The Morgan fingerprint density at radius 3 is 1.63 bits per heavy atom. The van der Waals surface area contributed by atoms with E-state index in [1.165, 1.54) is 58.5 Å². The second-order valence-electron chi connectivity index (χ2n) is 5.59. The second-order valence-corrected chi connectivity index (χ2v) is 6.15. The van der Waals surface area contributed by atoms with Crippen molar-refractivity contribution < 1.29 is 0 Å². The number of hydrogen-bond acceptors (Lipinski definition) is 2. The van der Waals surface area contributed by atoms with Crippen molar-refractivity contribution in [3.63, 3.8) is 0 Å². The zero-order chi connectivity index (χ0) is 14.7. The molecule has 0 N–H and O–H groups in total. The predicted molar refractivity (Wildman–Crippen MR) is 91.3 cm³/mol. The molecule has 0 aromatic heterocycles. The minimum Gasteiger partial charge on any atom is -0.304 e. The van der Waals surface area contributed by atoms with Gasteiger partial charge in [0.25, 0.3) is 0 Å². The third-order valence-electron chi connectivity index (χ3n) is 4.63. The van der Waals surface area contributed by atoms with Gasteiger partial charge in [-0.3, -0.25) is 0 Å². The number of hydrogen-bond donors (Lipinski definition) is 0. The average Bonchev–Trinajstić information content (AvgIpc) is 2.47. The van der Waals surface area contributed by atoms with E-state index in [1.54, 1.807) is 0 Å². The summed E-state index contributed by atoms with van der Waals surface area (Å²) in [6.45, 7) is 18.7. The van der Waals surface area contributed by atoms with E-state index < -0.39 is 0 Å². The van der Waals surface area contributed by atoms with E-state index in [0.717, 1.165) is 5.33 Å². The molecule has 2 nitrogen and oxygen atoms in total. The Morgan fingerprint density at radius 1 is 0.789 bits per heavy atom. The summed E-state index contributed by atoms with van der Waals surface area (Å²) in [7, 11) is 0. The first kappa shape index (κ1) is 19.4. The summed E-state index contributed by atoms with van der Waals surface area (Å²) < 4.78 is 0. The summed E-state index contributed by atoms with van der Waals surface area (Å²) in [4.78, 5) is 5.16. The van der Waals surface area contributed by atoms with Crippen LogP contribution in [0, 0.1) is 5.41 Å². The molecule has 0 saturated carbocycles. The summed E-state index contributed by atoms with van der Waals surface area (Å²) in [5.41, 5.74) is 0.464. The molecule has 0 heterocycles. The molecular formula is C16H35BrN2. The molecule has 0 saturated heterocycles. The average molecular weight is 335 g/mol. The van der Waals surface area contributed by atoms with Gasteiger partial charge in [0.05, 0.1) is 0 Å². The first-order valence-corrected chi connectivity index (χ1v) is 9.24. The highest BCUT2D eigenvalue weighted by atomic mass is 79.9. The van der Waals surface area contributed by atoms with Gasteiger partial charge in [0.1, 0.15) is 0 Å². The fourth-order valence-electron chi connectivity index (χ4n) is 2.59. The van der Waals surface area contributed by atoms with Crippen LogP contribution in [0.5, 0.6) is 0 Å². The van der Waals surface area contributed by atoms with Gasteiger partial charge >= 0.3 is 0 Å². The van der Waals surface area contributed by atoms with Gasteiger partial charge in [-0.05, 0) is 57.4 Å². The van der Waals surface area contributed by atoms with Gasteiger partial charge in [0.15, 0.2) is 0 Å². The molecule has 0 aromatic carbocycles. The Morgan fingerprint density at radius 2 is 1.26 bits per heavy atom. The third kappa shape index (κ3) is 7.10. The second kappa shape index (κ2) is 11.1. The normalized spacial score (nSPS) is 12.6. The van der Waals surface area contributed by atoms with E-state index in [-0.39, 0.29) is 0 Å². The van der Waals surface area contributed by atoms with E-state index >= 15 is 0 Å². The molecule has 0 amide bonds. The lowest BCUT2D eigenvalue weighted by atomic mass is 9.84. The van der Waals surface area contributed by atoms with Crippen LogP contribution in [0.25, 0.3) is 0 Å². The largest absolute Gasteiger partial charge is 0.304 e. The summed E-state index contributed by atoms with van der Waals surface area (Å²) in [5.74, 6) is 0. The minimum atomic E-state index is 0.464. The minimum absolute atomic E-state index is 0.464. The van der Waals surface area contributed by atoms with Crippen molar-refractivity contribution in [1.82, 2.24) is 9.80 Å². The van der Waals surface area contributed by atoms with Crippen LogP contribution < -0.4 is 0 Å². The lowest BCUT2D eigenvalue weighted by Crippen LogP contribution is -2.39. The first-order valence-electron chi connectivity index (χ1n) is 8.11. The van der Waals surface area contributed by atoms with E-state index in [2.05, 4.69) is 60.3 Å². The van der Waals surface area contributed by atoms with Crippen LogP contribution in [-0.4, -0.2) is 54.4 Å². The molecule has 0 rings (SSSR count). The van der Waals surface area contributed by atoms with Crippen LogP contribution in [0.1, 0.15) is 53.9 Å². The van der Waals surface area contributed by atoms with Crippen molar-refractivity contribution in [2.75, 3.05) is 44.6 Å². The Kier molecular flexibility index (Phi) is 11.3. The van der Waals surface area contributed by atoms with Gasteiger partial charge in [0.2, 0.25) is 0 Å². The highest BCUT2D eigenvalue weighted by Gasteiger charge is 2.26. The zero-order valence-corrected chi connectivity index (χ0v) is 15.4. The Hall–Kier alpha value is 0.400. The van der Waals surface area contributed by atoms with E-state index in [9.17, 15) is 0 Å². The molecule has 19 heavy (non-hydrogen) atoms. The SMILES string of the molecule is CCN(CC)CCCN(CC)CC(CC)(CC)CBr. The molecule has 0 fully saturated rings. The first-order chi connectivity index (χ1) is 9.11. The van der Waals surface area contributed by atoms with Crippen molar-refractivity contribution in [3.05, 3.63) is 0 Å². The van der Waals surface area contributed by atoms with Crippen LogP contribution in [0.3, 0.4) is 0 Å². The summed E-state index contributed by atoms with van der Waals surface area (Å²) in [5, 5.41) is 1.12. The lowest BCUT2D eigenvalue weighted by molar-refractivity contribution is 0.156. The standard InChI is InChI=1S/C16H35BrN2/c1-6-16(7-2,14-17)15-19(10-5)13-11-12-18(8-3)9-4/h6-15H2,1-5H3. The van der Waals surface area contributed by atoms with Gasteiger partial charge in [-0.25, -0.2) is 0 Å². The van der Waals surface area contributed by atoms with E-state index in [1.807, 2.05) is 0 Å². The Bertz CT molecular complexity index is 193. The van der Waals surface area contributed by atoms with Crippen molar-refractivity contribution >= 4 is 15.9 Å². The number of alkyl halides is 1. The highest BCUT2D eigenvalue weighted by Crippen LogP contribution is 2.29. The Balaban J connectivity index is 4.20. The molecule has 0 radical (unpaired) electrons. The van der Waals surface area contributed by atoms with Crippen LogP contribution in [0.2, 0.25) is 0 Å². The molecule has 0 unspecified atom stereocenters. The number of nitrogens with zero attached hydrogens (tertiary/aromatic N) is 2. The molecule has 0 spiro atoms. The van der Waals surface area contributed by atoms with Crippen LogP contribution in [0.15, 0.2) is 0 Å². The molecule has 116 valence electrons. The maximum atomic E-state index is 3.73. The van der Waals surface area contributed by atoms with Gasteiger partial charge in [-0.15, -0.1) is 0 Å². The van der Waals surface area contributed by atoms with Crippen LogP contribution >= 0.6 is 15.9 Å². The fourth-order valence-corrected chi connectivity index (χ4v) is 3.56. The molecule has 0 aliphatic rings. The highest BCUT2D eigenvalue weighted by molar-refractivity contribution is 9.09. The predicted octanol–water partition coefficient (Wildman–Crippen LogP) is 4.24. The summed E-state index contributed by atoms with van der Waals surface area (Å²) >= 11 is 3.73. The number of halogens is 1. The molecular weight excluding hydrogens is 300 g/mol. The van der Waals surface area contributed by atoms with Gasteiger partial charge < -0.3 is 9.80 Å². The summed E-state index contributed by atoms with van der Waals surface area (Å²) in [6, 6.07) is 0. The Labute approximate surface area is 130 Å². The van der Waals surface area contributed by atoms with Crippen LogP contribution in [-0.2, 0) is 0 Å². The molecule has 3 heteroatoms. The molecule has 0 aliphatic carbocycles. The molecule has 0 aromatic rings. The van der Waals surface area contributed by atoms with Crippen LogP contribution in [0.4, 0.5) is 0 Å². The maximum absolute atomic E-state index is 3.73.